The first-order valence-electron chi connectivity index (χ1n) is 13.0. The van der Waals surface area contributed by atoms with Gasteiger partial charge >= 0.3 is 0 Å². The van der Waals surface area contributed by atoms with Crippen molar-refractivity contribution >= 4 is 27.9 Å². The summed E-state index contributed by atoms with van der Waals surface area (Å²) in [4.78, 5) is 28.0. The fourth-order valence-corrected chi connectivity index (χ4v) is 5.07. The van der Waals surface area contributed by atoms with Crippen molar-refractivity contribution in [1.82, 2.24) is 9.88 Å². The molecule has 2 heterocycles. The summed E-state index contributed by atoms with van der Waals surface area (Å²) in [5, 5.41) is 33.9. The largest absolute Gasteiger partial charge is 0.490 e. The highest BCUT2D eigenvalue weighted by molar-refractivity contribution is 5.85. The molecule has 10 nitrogen and oxygen atoms in total. The van der Waals surface area contributed by atoms with Crippen LogP contribution in [0.5, 0.6) is 5.75 Å². The lowest BCUT2D eigenvalue weighted by atomic mass is 9.88. The van der Waals surface area contributed by atoms with Crippen molar-refractivity contribution in [2.75, 3.05) is 26.2 Å². The Morgan fingerprint density at radius 1 is 0.875 bits per heavy atom. The summed E-state index contributed by atoms with van der Waals surface area (Å²) < 4.78 is 5.93. The summed E-state index contributed by atoms with van der Waals surface area (Å²) in [5.74, 6) is 0.685. The van der Waals surface area contributed by atoms with Gasteiger partial charge in [-0.15, -0.1) is 0 Å². The van der Waals surface area contributed by atoms with E-state index in [0.717, 1.165) is 46.0 Å². The van der Waals surface area contributed by atoms with E-state index in [9.17, 15) is 25.3 Å². The van der Waals surface area contributed by atoms with Crippen molar-refractivity contribution in [1.29, 1.82) is 0 Å². The molecule has 204 valence electrons. The van der Waals surface area contributed by atoms with Gasteiger partial charge in [-0.1, -0.05) is 11.6 Å². The maximum absolute atomic E-state index is 11.2. The molecular weight excluding hydrogens is 512 g/mol. The maximum Gasteiger partial charge on any atom is 0.269 e. The Morgan fingerprint density at radius 3 is 2.05 bits per heavy atom. The van der Waals surface area contributed by atoms with Crippen LogP contribution in [0.25, 0.3) is 16.5 Å². The molecule has 0 radical (unpaired) electrons. The molecule has 0 saturated carbocycles. The van der Waals surface area contributed by atoms with Gasteiger partial charge in [0.15, 0.2) is 0 Å². The lowest BCUT2D eigenvalue weighted by Crippen LogP contribution is -2.39. The molecule has 1 fully saturated rings. The summed E-state index contributed by atoms with van der Waals surface area (Å²) in [5.41, 5.74) is 4.57. The van der Waals surface area contributed by atoms with Crippen molar-refractivity contribution in [3.8, 4) is 5.75 Å². The first kappa shape index (κ1) is 26.9. The fourth-order valence-electron chi connectivity index (χ4n) is 5.07. The lowest BCUT2D eigenvalue weighted by molar-refractivity contribution is -0.385. The Balaban J connectivity index is 1.28. The number of piperidine rings is 1. The number of likely N-dealkylation sites (tertiary alicyclic amines) is 1. The van der Waals surface area contributed by atoms with E-state index in [1.54, 1.807) is 30.5 Å². The number of hydrogen-bond donors (Lipinski definition) is 1. The number of fused-ring (bicyclic) bond motifs is 1. The Bertz CT molecular complexity index is 1480. The van der Waals surface area contributed by atoms with Crippen LogP contribution in [0.3, 0.4) is 0 Å². The standard InChI is InChI=1S/C30H28N4O6/c35-26(20-40-29-5-1-4-28-27(29)3-2-16-31-28)19-32-17-14-23(15-18-32)30(21-6-10-24(11-7-21)33(36)37)22-8-12-25(13-9-22)34(38)39/h1-13,16,26,35H,14-15,17-20H2. The molecule has 3 aromatic carbocycles. The predicted molar refractivity (Wildman–Crippen MR) is 151 cm³/mol. The van der Waals surface area contributed by atoms with E-state index in [4.69, 9.17) is 4.74 Å². The van der Waals surface area contributed by atoms with Crippen molar-refractivity contribution in [3.63, 3.8) is 0 Å². The normalized spacial score (nSPS) is 14.6. The SMILES string of the molecule is O=[N+]([O-])c1ccc(C(=C2CCN(CC(O)COc3cccc4ncccc34)CC2)c2ccc([N+](=O)[O-])cc2)cc1. The van der Waals surface area contributed by atoms with Crippen molar-refractivity contribution in [3.05, 3.63) is 122 Å². The van der Waals surface area contributed by atoms with Gasteiger partial charge in [-0.05, 0) is 78.1 Å². The molecule has 5 rings (SSSR count). The lowest BCUT2D eigenvalue weighted by Gasteiger charge is -2.31. The van der Waals surface area contributed by atoms with Gasteiger partial charge in [0.2, 0.25) is 0 Å². The number of aliphatic hydroxyl groups is 1. The number of nitro benzene ring substituents is 2. The molecule has 10 heteroatoms. The number of hydrogen-bond acceptors (Lipinski definition) is 8. The minimum absolute atomic E-state index is 0.00240. The van der Waals surface area contributed by atoms with E-state index in [0.29, 0.717) is 25.4 Å². The van der Waals surface area contributed by atoms with Gasteiger partial charge in [0, 0.05) is 55.5 Å². The van der Waals surface area contributed by atoms with E-state index in [2.05, 4.69) is 9.88 Å². The summed E-state index contributed by atoms with van der Waals surface area (Å²) in [6.07, 6.45) is 2.51. The quantitative estimate of drug-likeness (QED) is 0.221. The van der Waals surface area contributed by atoms with Crippen molar-refractivity contribution < 1.29 is 19.7 Å². The van der Waals surface area contributed by atoms with Crippen LogP contribution in [-0.2, 0) is 0 Å². The number of ether oxygens (including phenoxy) is 1. The molecule has 40 heavy (non-hydrogen) atoms. The molecule has 0 amide bonds. The molecule has 4 aromatic rings. The molecule has 1 atom stereocenters. The highest BCUT2D eigenvalue weighted by Gasteiger charge is 2.22. The molecule has 0 spiro atoms. The molecule has 1 saturated heterocycles. The number of nitrogens with zero attached hydrogens (tertiary/aromatic N) is 4. The van der Waals surface area contributed by atoms with Crippen LogP contribution in [0.4, 0.5) is 11.4 Å². The third-order valence-electron chi connectivity index (χ3n) is 7.05. The molecule has 1 aliphatic heterocycles. The number of rotatable bonds is 9. The number of nitro groups is 2. The highest BCUT2D eigenvalue weighted by Crippen LogP contribution is 2.34. The highest BCUT2D eigenvalue weighted by atomic mass is 16.6. The first-order chi connectivity index (χ1) is 19.4. The number of β-amino-alcohol motifs (C(OH)–C–C–N with tert-alkyl or cyclic N) is 1. The smallest absolute Gasteiger partial charge is 0.269 e. The molecule has 0 aliphatic carbocycles. The second kappa shape index (κ2) is 12.0. The number of aliphatic hydroxyl groups excluding tert-OH is 1. The molecular formula is C30H28N4O6. The van der Waals surface area contributed by atoms with Gasteiger partial charge in [0.05, 0.1) is 15.4 Å². The Morgan fingerprint density at radius 2 is 1.48 bits per heavy atom. The third kappa shape index (κ3) is 6.14. The molecule has 1 aromatic heterocycles. The van der Waals surface area contributed by atoms with Crippen LogP contribution in [0.15, 0.2) is 90.6 Å². The van der Waals surface area contributed by atoms with E-state index in [-0.39, 0.29) is 18.0 Å². The summed E-state index contributed by atoms with van der Waals surface area (Å²) >= 11 is 0. The number of aromatic nitrogens is 1. The minimum atomic E-state index is -0.679. The second-order valence-corrected chi connectivity index (χ2v) is 9.68. The van der Waals surface area contributed by atoms with Crippen LogP contribution in [0.2, 0.25) is 0 Å². The van der Waals surface area contributed by atoms with Crippen LogP contribution in [0, 0.1) is 20.2 Å². The zero-order chi connectivity index (χ0) is 28.1. The van der Waals surface area contributed by atoms with Crippen LogP contribution in [-0.4, -0.2) is 57.2 Å². The molecule has 1 unspecified atom stereocenters. The zero-order valence-electron chi connectivity index (χ0n) is 21.7. The van der Waals surface area contributed by atoms with Crippen LogP contribution >= 0.6 is 0 Å². The number of benzene rings is 3. The topological polar surface area (TPSA) is 132 Å². The average molecular weight is 541 g/mol. The second-order valence-electron chi connectivity index (χ2n) is 9.68. The van der Waals surface area contributed by atoms with Gasteiger partial charge in [0.1, 0.15) is 18.5 Å². The van der Waals surface area contributed by atoms with E-state index in [1.807, 2.05) is 30.3 Å². The Kier molecular flexibility index (Phi) is 8.09. The van der Waals surface area contributed by atoms with Crippen molar-refractivity contribution in [2.45, 2.75) is 18.9 Å². The predicted octanol–water partition coefficient (Wildman–Crippen LogP) is 5.39. The Labute approximate surface area is 230 Å². The van der Waals surface area contributed by atoms with E-state index >= 15 is 0 Å². The summed E-state index contributed by atoms with van der Waals surface area (Å²) in [6, 6.07) is 22.2. The third-order valence-corrected chi connectivity index (χ3v) is 7.05. The zero-order valence-corrected chi connectivity index (χ0v) is 21.7. The minimum Gasteiger partial charge on any atom is -0.490 e. The van der Waals surface area contributed by atoms with E-state index < -0.39 is 16.0 Å². The molecule has 1 aliphatic rings. The average Bonchev–Trinajstić information content (AvgIpc) is 2.97. The maximum atomic E-state index is 11.2. The fraction of sp³-hybridized carbons (Fsp3) is 0.233. The molecule has 1 N–H and O–H groups in total. The monoisotopic (exact) mass is 540 g/mol. The van der Waals surface area contributed by atoms with Crippen molar-refractivity contribution in [2.24, 2.45) is 0 Å². The van der Waals surface area contributed by atoms with Gasteiger partial charge in [-0.3, -0.25) is 30.1 Å². The van der Waals surface area contributed by atoms with Crippen LogP contribution < -0.4 is 4.74 Å². The number of non-ortho nitro benzene ring substituents is 2. The summed E-state index contributed by atoms with van der Waals surface area (Å²) in [6.45, 7) is 2.05. The van der Waals surface area contributed by atoms with Gasteiger partial charge < -0.3 is 9.84 Å². The summed E-state index contributed by atoms with van der Waals surface area (Å²) in [7, 11) is 0. The van der Waals surface area contributed by atoms with Gasteiger partial charge in [0.25, 0.3) is 11.4 Å². The number of pyridine rings is 1. The van der Waals surface area contributed by atoms with E-state index in [1.165, 1.54) is 24.3 Å². The van der Waals surface area contributed by atoms with Gasteiger partial charge in [-0.2, -0.15) is 0 Å². The first-order valence-corrected chi connectivity index (χ1v) is 13.0. The Hall–Kier alpha value is -4.67. The van der Waals surface area contributed by atoms with Crippen LogP contribution in [0.1, 0.15) is 24.0 Å². The van der Waals surface area contributed by atoms with Gasteiger partial charge in [-0.25, -0.2) is 0 Å². The molecule has 0 bridgehead atoms.